The van der Waals surface area contributed by atoms with Gasteiger partial charge in [-0.2, -0.15) is 5.10 Å². The predicted octanol–water partition coefficient (Wildman–Crippen LogP) is 4.23. The van der Waals surface area contributed by atoms with E-state index in [0.29, 0.717) is 5.82 Å². The average molecular weight is 385 g/mol. The Morgan fingerprint density at radius 3 is 2.68 bits per heavy atom. The second-order valence-electron chi connectivity index (χ2n) is 6.32. The highest BCUT2D eigenvalue weighted by atomic mass is 32.1. The first-order valence-corrected chi connectivity index (χ1v) is 9.54. The van der Waals surface area contributed by atoms with E-state index in [4.69, 9.17) is 0 Å². The molecule has 0 aliphatic rings. The maximum absolute atomic E-state index is 11.2. The van der Waals surface area contributed by atoms with Crippen LogP contribution in [-0.2, 0) is 0 Å². The number of H-pyrrole nitrogens is 1. The van der Waals surface area contributed by atoms with Gasteiger partial charge in [-0.05, 0) is 47.5 Å². The molecule has 136 valence electrons. The van der Waals surface area contributed by atoms with Gasteiger partial charge in [-0.15, -0.1) is 11.3 Å². The molecular formula is C21H15N5OS. The van der Waals surface area contributed by atoms with Crippen LogP contribution >= 0.6 is 11.3 Å². The summed E-state index contributed by atoms with van der Waals surface area (Å²) in [5.41, 5.74) is 3.54. The second-order valence-corrected chi connectivity index (χ2v) is 7.38. The summed E-state index contributed by atoms with van der Waals surface area (Å²) in [6, 6.07) is 15.6. The molecule has 0 saturated carbocycles. The average Bonchev–Trinajstić information content (AvgIpc) is 3.43. The number of hydrogen-bond donors (Lipinski definition) is 2. The fourth-order valence-electron chi connectivity index (χ4n) is 3.21. The molecule has 4 heterocycles. The van der Waals surface area contributed by atoms with E-state index in [1.165, 1.54) is 6.33 Å². The summed E-state index contributed by atoms with van der Waals surface area (Å²) < 4.78 is 0. The van der Waals surface area contributed by atoms with Crippen molar-refractivity contribution in [1.29, 1.82) is 0 Å². The van der Waals surface area contributed by atoms with Gasteiger partial charge in [-0.25, -0.2) is 4.98 Å². The van der Waals surface area contributed by atoms with Crippen LogP contribution in [-0.4, -0.2) is 30.3 Å². The SMILES string of the molecule is OC(c1ccc2ncccc2c1)c1cc(-c2ccncc2)sc1-c1ncn[nH]1. The number of thiophene rings is 1. The van der Waals surface area contributed by atoms with Crippen molar-refractivity contribution in [3.05, 3.63) is 84.6 Å². The van der Waals surface area contributed by atoms with Gasteiger partial charge in [0.05, 0.1) is 10.4 Å². The van der Waals surface area contributed by atoms with Crippen LogP contribution in [0.2, 0.25) is 0 Å². The van der Waals surface area contributed by atoms with E-state index in [-0.39, 0.29) is 0 Å². The summed E-state index contributed by atoms with van der Waals surface area (Å²) in [5.74, 6) is 0.641. The molecule has 0 radical (unpaired) electrons. The summed E-state index contributed by atoms with van der Waals surface area (Å²) in [5, 5.41) is 19.1. The highest BCUT2D eigenvalue weighted by molar-refractivity contribution is 7.19. The van der Waals surface area contributed by atoms with E-state index < -0.39 is 6.10 Å². The minimum Gasteiger partial charge on any atom is -0.384 e. The lowest BCUT2D eigenvalue weighted by atomic mass is 9.99. The van der Waals surface area contributed by atoms with E-state index in [1.54, 1.807) is 29.9 Å². The normalized spacial score (nSPS) is 12.3. The maximum Gasteiger partial charge on any atom is 0.165 e. The maximum atomic E-state index is 11.2. The molecule has 1 aromatic carbocycles. The van der Waals surface area contributed by atoms with Crippen molar-refractivity contribution in [2.45, 2.75) is 6.10 Å². The topological polar surface area (TPSA) is 87.6 Å². The van der Waals surface area contributed by atoms with Gasteiger partial charge in [0.2, 0.25) is 0 Å². The summed E-state index contributed by atoms with van der Waals surface area (Å²) in [4.78, 5) is 14.6. The summed E-state index contributed by atoms with van der Waals surface area (Å²) >= 11 is 1.56. The van der Waals surface area contributed by atoms with Crippen molar-refractivity contribution in [2.24, 2.45) is 0 Å². The van der Waals surface area contributed by atoms with E-state index >= 15 is 0 Å². The van der Waals surface area contributed by atoms with Crippen molar-refractivity contribution in [3.63, 3.8) is 0 Å². The zero-order valence-corrected chi connectivity index (χ0v) is 15.5. The van der Waals surface area contributed by atoms with Crippen LogP contribution in [0.25, 0.3) is 32.0 Å². The van der Waals surface area contributed by atoms with Crippen LogP contribution < -0.4 is 0 Å². The van der Waals surface area contributed by atoms with Gasteiger partial charge < -0.3 is 5.11 Å². The number of hydrogen-bond acceptors (Lipinski definition) is 6. The highest BCUT2D eigenvalue weighted by Gasteiger charge is 2.22. The third-order valence-corrected chi connectivity index (χ3v) is 5.80. The number of aliphatic hydroxyl groups excluding tert-OH is 1. The number of aromatic amines is 1. The molecule has 0 amide bonds. The van der Waals surface area contributed by atoms with Crippen molar-refractivity contribution in [2.75, 3.05) is 0 Å². The monoisotopic (exact) mass is 385 g/mol. The number of rotatable bonds is 4. The minimum atomic E-state index is -0.795. The Bertz CT molecular complexity index is 1230. The van der Waals surface area contributed by atoms with Gasteiger partial charge in [-0.3, -0.25) is 15.1 Å². The highest BCUT2D eigenvalue weighted by Crippen LogP contribution is 2.41. The molecule has 1 atom stereocenters. The summed E-state index contributed by atoms with van der Waals surface area (Å²) in [6.07, 6.45) is 5.96. The Hall–Kier alpha value is -3.42. The van der Waals surface area contributed by atoms with E-state index in [2.05, 4.69) is 25.1 Å². The molecule has 7 heteroatoms. The largest absolute Gasteiger partial charge is 0.384 e. The molecule has 0 bridgehead atoms. The standard InChI is InChI=1S/C21H15N5OS/c27-19(15-3-4-17-14(10-15)2-1-7-23-17)16-11-18(13-5-8-22-9-6-13)28-20(16)21-24-12-25-26-21/h1-12,19,27H,(H,24,25,26). The lowest BCUT2D eigenvalue weighted by Crippen LogP contribution is -2.00. The molecule has 5 aromatic rings. The number of aromatic nitrogens is 5. The Balaban J connectivity index is 1.63. The molecule has 5 rings (SSSR count). The number of nitrogens with zero attached hydrogens (tertiary/aromatic N) is 4. The Morgan fingerprint density at radius 1 is 0.964 bits per heavy atom. The predicted molar refractivity (Wildman–Crippen MR) is 109 cm³/mol. The van der Waals surface area contributed by atoms with Gasteiger partial charge in [-0.1, -0.05) is 12.1 Å². The van der Waals surface area contributed by atoms with Gasteiger partial charge in [0.1, 0.15) is 12.4 Å². The van der Waals surface area contributed by atoms with Gasteiger partial charge in [0, 0.05) is 34.4 Å². The first-order chi connectivity index (χ1) is 13.8. The van der Waals surface area contributed by atoms with Crippen molar-refractivity contribution >= 4 is 22.2 Å². The van der Waals surface area contributed by atoms with Crippen LogP contribution in [0, 0.1) is 0 Å². The summed E-state index contributed by atoms with van der Waals surface area (Å²) in [6.45, 7) is 0. The van der Waals surface area contributed by atoms with Crippen LogP contribution in [0.15, 0.2) is 73.4 Å². The molecule has 2 N–H and O–H groups in total. The number of pyridine rings is 2. The number of fused-ring (bicyclic) bond motifs is 1. The molecule has 28 heavy (non-hydrogen) atoms. The first kappa shape index (κ1) is 16.7. The number of aliphatic hydroxyl groups is 1. The van der Waals surface area contributed by atoms with E-state index in [0.717, 1.165) is 37.3 Å². The van der Waals surface area contributed by atoms with Crippen molar-refractivity contribution in [3.8, 4) is 21.1 Å². The second kappa shape index (κ2) is 6.95. The lowest BCUT2D eigenvalue weighted by molar-refractivity contribution is 0.221. The number of benzene rings is 1. The Labute approximate surface area is 164 Å². The zero-order chi connectivity index (χ0) is 18.9. The van der Waals surface area contributed by atoms with Crippen LogP contribution in [0.4, 0.5) is 0 Å². The molecule has 0 saturated heterocycles. The molecule has 0 aliphatic heterocycles. The third kappa shape index (κ3) is 2.96. The fraction of sp³-hybridized carbons (Fsp3) is 0.0476. The smallest absolute Gasteiger partial charge is 0.165 e. The van der Waals surface area contributed by atoms with Crippen LogP contribution in [0.1, 0.15) is 17.2 Å². The fourth-order valence-corrected chi connectivity index (χ4v) is 4.35. The third-order valence-electron chi connectivity index (χ3n) is 4.59. The molecule has 4 aromatic heterocycles. The van der Waals surface area contributed by atoms with Crippen molar-refractivity contribution in [1.82, 2.24) is 25.1 Å². The van der Waals surface area contributed by atoms with Crippen LogP contribution in [0.5, 0.6) is 0 Å². The molecule has 1 unspecified atom stereocenters. The summed E-state index contributed by atoms with van der Waals surface area (Å²) in [7, 11) is 0. The first-order valence-electron chi connectivity index (χ1n) is 8.72. The minimum absolute atomic E-state index is 0.641. The number of nitrogens with one attached hydrogen (secondary N) is 1. The van der Waals surface area contributed by atoms with Crippen molar-refractivity contribution < 1.29 is 5.11 Å². The zero-order valence-electron chi connectivity index (χ0n) is 14.6. The Morgan fingerprint density at radius 2 is 1.86 bits per heavy atom. The van der Waals surface area contributed by atoms with Crippen LogP contribution in [0.3, 0.4) is 0 Å². The van der Waals surface area contributed by atoms with E-state index in [1.807, 2.05) is 48.5 Å². The van der Waals surface area contributed by atoms with Gasteiger partial charge >= 0.3 is 0 Å². The molecule has 0 aliphatic carbocycles. The molecule has 0 spiro atoms. The van der Waals surface area contributed by atoms with E-state index in [9.17, 15) is 5.11 Å². The van der Waals surface area contributed by atoms with Gasteiger partial charge in [0.15, 0.2) is 5.82 Å². The molecule has 6 nitrogen and oxygen atoms in total. The molecule has 0 fully saturated rings. The molecular weight excluding hydrogens is 370 g/mol. The van der Waals surface area contributed by atoms with Gasteiger partial charge in [0.25, 0.3) is 0 Å². The Kier molecular flexibility index (Phi) is 4.16. The lowest BCUT2D eigenvalue weighted by Gasteiger charge is -2.12. The quantitative estimate of drug-likeness (QED) is 0.483.